The Labute approximate surface area is 173 Å². The number of amides is 1. The SMILES string of the molecule is CCN(CC)CCN(C(=O)c1ccnn1C)c1nc2c(OC)ccc(Cl)c2s1. The zero-order valence-electron chi connectivity index (χ0n) is 16.5. The van der Waals surface area contributed by atoms with Gasteiger partial charge in [0, 0.05) is 26.3 Å². The Hall–Kier alpha value is -2.16. The zero-order valence-corrected chi connectivity index (χ0v) is 18.0. The normalized spacial score (nSPS) is 11.4. The minimum Gasteiger partial charge on any atom is -0.494 e. The Kier molecular flexibility index (Phi) is 6.53. The standard InChI is InChI=1S/C19H24ClN5O2S/c1-5-24(6-2)11-12-25(18(26)14-9-10-21-23(14)3)19-22-16-15(27-4)8-7-13(20)17(16)28-19/h7-10H,5-6,11-12H2,1-4H3. The molecule has 0 radical (unpaired) electrons. The fourth-order valence-electron chi connectivity index (χ4n) is 3.01. The van der Waals surface area contributed by atoms with Crippen LogP contribution >= 0.6 is 22.9 Å². The van der Waals surface area contributed by atoms with Crippen molar-refractivity contribution in [1.29, 1.82) is 0 Å². The molecule has 0 aliphatic rings. The number of halogens is 1. The number of likely N-dealkylation sites (N-methyl/N-ethyl adjacent to an activating group) is 1. The third-order valence-corrected chi connectivity index (χ3v) is 6.26. The molecule has 150 valence electrons. The smallest absolute Gasteiger partial charge is 0.278 e. The number of carbonyl (C=O) groups is 1. The maximum atomic E-state index is 13.3. The summed E-state index contributed by atoms with van der Waals surface area (Å²) in [6.45, 7) is 7.33. The molecular weight excluding hydrogens is 398 g/mol. The van der Waals surface area contributed by atoms with E-state index in [1.807, 2.05) is 0 Å². The summed E-state index contributed by atoms with van der Waals surface area (Å²) in [5.74, 6) is 0.500. The number of benzene rings is 1. The molecule has 0 N–H and O–H groups in total. The Morgan fingerprint density at radius 1 is 1.25 bits per heavy atom. The first-order valence-electron chi connectivity index (χ1n) is 9.15. The van der Waals surface area contributed by atoms with E-state index in [0.29, 0.717) is 33.7 Å². The molecule has 9 heteroatoms. The van der Waals surface area contributed by atoms with Gasteiger partial charge in [0.2, 0.25) is 0 Å². The molecule has 1 amide bonds. The molecule has 2 heterocycles. The lowest BCUT2D eigenvalue weighted by Crippen LogP contribution is -2.39. The number of carbonyl (C=O) groups excluding carboxylic acids is 1. The highest BCUT2D eigenvalue weighted by Crippen LogP contribution is 2.39. The molecule has 1 aromatic carbocycles. The van der Waals surface area contributed by atoms with Gasteiger partial charge in [-0.3, -0.25) is 14.4 Å². The highest BCUT2D eigenvalue weighted by molar-refractivity contribution is 7.23. The first-order chi connectivity index (χ1) is 13.5. The molecule has 28 heavy (non-hydrogen) atoms. The van der Waals surface area contributed by atoms with Crippen LogP contribution in [0, 0.1) is 0 Å². The molecule has 0 saturated carbocycles. The Balaban J connectivity index is 2.03. The quantitative estimate of drug-likeness (QED) is 0.555. The van der Waals surface area contributed by atoms with E-state index in [2.05, 4.69) is 23.8 Å². The molecule has 3 rings (SSSR count). The average molecular weight is 422 g/mol. The van der Waals surface area contributed by atoms with Crippen molar-refractivity contribution in [3.63, 3.8) is 0 Å². The van der Waals surface area contributed by atoms with Crippen LogP contribution in [-0.4, -0.2) is 58.9 Å². The van der Waals surface area contributed by atoms with Crippen molar-refractivity contribution in [2.75, 3.05) is 38.2 Å². The third kappa shape index (κ3) is 3.99. The molecule has 0 bridgehead atoms. The van der Waals surface area contributed by atoms with Crippen LogP contribution in [0.4, 0.5) is 5.13 Å². The predicted octanol–water partition coefficient (Wildman–Crippen LogP) is 3.68. The Morgan fingerprint density at radius 2 is 2.00 bits per heavy atom. The summed E-state index contributed by atoms with van der Waals surface area (Å²) in [5, 5.41) is 5.32. The van der Waals surface area contributed by atoms with Gasteiger partial charge >= 0.3 is 0 Å². The second kappa shape index (κ2) is 8.89. The summed E-state index contributed by atoms with van der Waals surface area (Å²) < 4.78 is 7.80. The molecule has 0 spiro atoms. The Morgan fingerprint density at radius 3 is 2.61 bits per heavy atom. The van der Waals surface area contributed by atoms with Crippen LogP contribution in [0.3, 0.4) is 0 Å². The lowest BCUT2D eigenvalue weighted by atomic mass is 10.3. The predicted molar refractivity (Wildman–Crippen MR) is 114 cm³/mol. The third-order valence-electron chi connectivity index (χ3n) is 4.72. The highest BCUT2D eigenvalue weighted by Gasteiger charge is 2.25. The van der Waals surface area contributed by atoms with Crippen molar-refractivity contribution in [1.82, 2.24) is 19.7 Å². The summed E-state index contributed by atoms with van der Waals surface area (Å²) in [5.41, 5.74) is 1.18. The van der Waals surface area contributed by atoms with Crippen molar-refractivity contribution in [3.05, 3.63) is 35.1 Å². The number of hydrogen-bond acceptors (Lipinski definition) is 6. The van der Waals surface area contributed by atoms with Gasteiger partial charge in [0.15, 0.2) is 5.13 Å². The number of aryl methyl sites for hydroxylation is 1. The minimum atomic E-state index is -0.138. The van der Waals surface area contributed by atoms with Gasteiger partial charge in [0.1, 0.15) is 17.0 Å². The minimum absolute atomic E-state index is 0.138. The van der Waals surface area contributed by atoms with Crippen molar-refractivity contribution >= 4 is 44.2 Å². The number of fused-ring (bicyclic) bond motifs is 1. The molecule has 0 unspecified atom stereocenters. The summed E-state index contributed by atoms with van der Waals surface area (Å²) in [7, 11) is 3.36. The number of anilines is 1. The largest absolute Gasteiger partial charge is 0.494 e. The van der Waals surface area contributed by atoms with E-state index in [9.17, 15) is 4.79 Å². The van der Waals surface area contributed by atoms with Crippen LogP contribution < -0.4 is 9.64 Å². The molecule has 0 saturated heterocycles. The summed E-state index contributed by atoms with van der Waals surface area (Å²) in [4.78, 5) is 22.0. The van der Waals surface area contributed by atoms with Gasteiger partial charge in [0.25, 0.3) is 5.91 Å². The molecule has 7 nitrogen and oxygen atoms in total. The van der Waals surface area contributed by atoms with Crippen LogP contribution in [0.2, 0.25) is 5.02 Å². The van der Waals surface area contributed by atoms with E-state index in [1.165, 1.54) is 11.3 Å². The number of ether oxygens (including phenoxy) is 1. The average Bonchev–Trinajstić information content (AvgIpc) is 3.32. The maximum Gasteiger partial charge on any atom is 0.278 e. The zero-order chi connectivity index (χ0) is 20.3. The van der Waals surface area contributed by atoms with Crippen molar-refractivity contribution in [2.24, 2.45) is 7.05 Å². The second-order valence-electron chi connectivity index (χ2n) is 6.25. The van der Waals surface area contributed by atoms with E-state index >= 15 is 0 Å². The number of thiazole rings is 1. The molecular formula is C19H24ClN5O2S. The van der Waals surface area contributed by atoms with Crippen molar-refractivity contribution in [3.8, 4) is 5.75 Å². The molecule has 0 aliphatic heterocycles. The van der Waals surface area contributed by atoms with Crippen LogP contribution in [0.5, 0.6) is 5.75 Å². The van der Waals surface area contributed by atoms with Gasteiger partial charge in [-0.1, -0.05) is 36.8 Å². The molecule has 2 aromatic heterocycles. The van der Waals surface area contributed by atoms with Crippen LogP contribution in [0.15, 0.2) is 24.4 Å². The van der Waals surface area contributed by atoms with Crippen molar-refractivity contribution < 1.29 is 9.53 Å². The monoisotopic (exact) mass is 421 g/mol. The van der Waals surface area contributed by atoms with Gasteiger partial charge in [-0.2, -0.15) is 5.10 Å². The first-order valence-corrected chi connectivity index (χ1v) is 10.3. The first kappa shape index (κ1) is 20.6. The van der Waals surface area contributed by atoms with E-state index in [1.54, 1.807) is 48.1 Å². The molecule has 3 aromatic rings. The molecule has 0 aliphatic carbocycles. The summed E-state index contributed by atoms with van der Waals surface area (Å²) in [6, 6.07) is 5.29. The lowest BCUT2D eigenvalue weighted by Gasteiger charge is -2.24. The fraction of sp³-hybridized carbons (Fsp3) is 0.421. The highest BCUT2D eigenvalue weighted by atomic mass is 35.5. The fourth-order valence-corrected chi connectivity index (χ4v) is 4.29. The number of nitrogens with zero attached hydrogens (tertiary/aromatic N) is 5. The number of aromatic nitrogens is 3. The number of methoxy groups -OCH3 is 1. The van der Waals surface area contributed by atoms with Gasteiger partial charge in [-0.05, 0) is 31.3 Å². The lowest BCUT2D eigenvalue weighted by molar-refractivity contribution is 0.0974. The van der Waals surface area contributed by atoms with E-state index < -0.39 is 0 Å². The van der Waals surface area contributed by atoms with Gasteiger partial charge in [0.05, 0.1) is 16.8 Å². The van der Waals surface area contributed by atoms with Gasteiger partial charge in [-0.15, -0.1) is 0 Å². The van der Waals surface area contributed by atoms with E-state index in [4.69, 9.17) is 21.3 Å². The second-order valence-corrected chi connectivity index (χ2v) is 7.63. The summed E-state index contributed by atoms with van der Waals surface area (Å²) >= 11 is 7.76. The molecule has 0 fully saturated rings. The van der Waals surface area contributed by atoms with Gasteiger partial charge < -0.3 is 9.64 Å². The number of rotatable bonds is 8. The van der Waals surface area contributed by atoms with Crippen LogP contribution in [-0.2, 0) is 7.05 Å². The van der Waals surface area contributed by atoms with E-state index in [-0.39, 0.29) is 5.91 Å². The van der Waals surface area contributed by atoms with Gasteiger partial charge in [-0.25, -0.2) is 4.98 Å². The van der Waals surface area contributed by atoms with Crippen LogP contribution in [0.1, 0.15) is 24.3 Å². The topological polar surface area (TPSA) is 63.5 Å². The maximum absolute atomic E-state index is 13.3. The Bertz CT molecular complexity index is 967. The van der Waals surface area contributed by atoms with Crippen LogP contribution in [0.25, 0.3) is 10.2 Å². The summed E-state index contributed by atoms with van der Waals surface area (Å²) in [6.07, 6.45) is 1.62. The molecule has 0 atom stereocenters. The van der Waals surface area contributed by atoms with Crippen molar-refractivity contribution in [2.45, 2.75) is 13.8 Å². The number of hydrogen-bond donors (Lipinski definition) is 0. The van der Waals surface area contributed by atoms with E-state index in [0.717, 1.165) is 24.3 Å².